The van der Waals surface area contributed by atoms with Crippen molar-refractivity contribution < 1.29 is 0 Å². The van der Waals surface area contributed by atoms with E-state index in [1.54, 1.807) is 6.20 Å². The zero-order valence-corrected chi connectivity index (χ0v) is 14.1. The van der Waals surface area contributed by atoms with E-state index in [4.69, 9.17) is 0 Å². The van der Waals surface area contributed by atoms with Gasteiger partial charge in [0.1, 0.15) is 11.6 Å². The summed E-state index contributed by atoms with van der Waals surface area (Å²) in [7, 11) is 0. The number of nitrogens with zero attached hydrogens (tertiary/aromatic N) is 6. The predicted octanol–water partition coefficient (Wildman–Crippen LogP) is 2.56. The largest absolute Gasteiger partial charge is 0.351 e. The number of nitrogens with one attached hydrogen (secondary N) is 3. The fourth-order valence-corrected chi connectivity index (χ4v) is 2.80. The van der Waals surface area contributed by atoms with Crippen LogP contribution in [0.4, 0.5) is 17.7 Å². The van der Waals surface area contributed by atoms with E-state index in [0.29, 0.717) is 29.7 Å². The number of H-pyrrole nitrogens is 1. The third-order valence-corrected chi connectivity index (χ3v) is 4.15. The quantitative estimate of drug-likeness (QED) is 0.509. The number of para-hydroxylation sites is 2. The maximum absolute atomic E-state index is 4.68. The molecule has 0 spiro atoms. The van der Waals surface area contributed by atoms with E-state index in [-0.39, 0.29) is 0 Å². The highest BCUT2D eigenvalue weighted by molar-refractivity contribution is 5.81. The molecular weight excluding hydrogens is 330 g/mol. The van der Waals surface area contributed by atoms with Gasteiger partial charge in [-0.15, -0.1) is 0 Å². The summed E-state index contributed by atoms with van der Waals surface area (Å²) in [6, 6.07) is 10.2. The van der Waals surface area contributed by atoms with Crippen molar-refractivity contribution in [1.82, 2.24) is 34.7 Å². The summed E-state index contributed by atoms with van der Waals surface area (Å²) in [6.07, 6.45) is 3.99. The lowest BCUT2D eigenvalue weighted by Crippen LogP contribution is -2.12. The third-order valence-electron chi connectivity index (χ3n) is 4.15. The molecule has 1 fully saturated rings. The molecular formula is C17H17N9. The van der Waals surface area contributed by atoms with Crippen LogP contribution in [0, 0.1) is 6.92 Å². The Hall–Kier alpha value is -3.49. The van der Waals surface area contributed by atoms with Gasteiger partial charge in [0.2, 0.25) is 17.8 Å². The number of rotatable bonds is 5. The highest BCUT2D eigenvalue weighted by atomic mass is 15.3. The number of anilines is 3. The highest BCUT2D eigenvalue weighted by Crippen LogP contribution is 2.26. The summed E-state index contributed by atoms with van der Waals surface area (Å²) in [5.41, 5.74) is 1.77. The maximum Gasteiger partial charge on any atom is 0.242 e. The Morgan fingerprint density at radius 1 is 1.08 bits per heavy atom. The van der Waals surface area contributed by atoms with Crippen LogP contribution < -0.4 is 10.6 Å². The molecule has 3 aromatic heterocycles. The van der Waals surface area contributed by atoms with Gasteiger partial charge in [0.15, 0.2) is 0 Å². The average molecular weight is 347 g/mol. The summed E-state index contributed by atoms with van der Waals surface area (Å²) in [5.74, 6) is 3.13. The zero-order valence-electron chi connectivity index (χ0n) is 14.1. The molecule has 9 heteroatoms. The molecule has 0 amide bonds. The van der Waals surface area contributed by atoms with Crippen molar-refractivity contribution in [2.75, 3.05) is 10.6 Å². The molecule has 0 unspecified atom stereocenters. The molecule has 1 saturated carbocycles. The minimum Gasteiger partial charge on any atom is -0.351 e. The first-order valence-electron chi connectivity index (χ1n) is 8.50. The van der Waals surface area contributed by atoms with E-state index in [2.05, 4.69) is 40.8 Å². The Bertz CT molecular complexity index is 1060. The molecule has 0 aliphatic heterocycles. The molecule has 3 N–H and O–H groups in total. The second-order valence-corrected chi connectivity index (χ2v) is 6.28. The average Bonchev–Trinajstić information content (AvgIpc) is 3.16. The molecule has 0 saturated heterocycles. The van der Waals surface area contributed by atoms with Crippen molar-refractivity contribution in [3.8, 4) is 5.95 Å². The Labute approximate surface area is 148 Å². The van der Waals surface area contributed by atoms with Crippen molar-refractivity contribution in [2.45, 2.75) is 25.8 Å². The first kappa shape index (κ1) is 14.8. The Morgan fingerprint density at radius 2 is 1.96 bits per heavy atom. The summed E-state index contributed by atoms with van der Waals surface area (Å²) < 4.78 is 1.89. The van der Waals surface area contributed by atoms with Gasteiger partial charge in [-0.3, -0.25) is 5.10 Å². The standard InChI is InChI=1S/C17H17N9/c1-10-19-15(21-11-6-7-11)24-16(20-10)26-13-5-3-2-4-12(13)22-17(26)23-14-8-9-18-25-14/h2-5,8-9,11H,6-7H2,1H3,(H2,18,22,23,25)(H,19,20,21,24). The van der Waals surface area contributed by atoms with Crippen LogP contribution in [0.2, 0.25) is 0 Å². The number of aromatic amines is 1. The van der Waals surface area contributed by atoms with Gasteiger partial charge in [-0.2, -0.15) is 20.1 Å². The van der Waals surface area contributed by atoms with Gasteiger partial charge < -0.3 is 10.6 Å². The molecule has 0 radical (unpaired) electrons. The van der Waals surface area contributed by atoms with Gasteiger partial charge in [-0.25, -0.2) is 9.55 Å². The summed E-state index contributed by atoms with van der Waals surface area (Å²) in [5, 5.41) is 13.4. The van der Waals surface area contributed by atoms with Crippen LogP contribution in [0.5, 0.6) is 0 Å². The second-order valence-electron chi connectivity index (χ2n) is 6.28. The molecule has 4 aromatic rings. The summed E-state index contributed by atoms with van der Waals surface area (Å²) in [6.45, 7) is 1.87. The van der Waals surface area contributed by atoms with Crippen LogP contribution in [0.3, 0.4) is 0 Å². The Kier molecular flexibility index (Phi) is 3.30. The number of fused-ring (bicyclic) bond motifs is 1. The van der Waals surface area contributed by atoms with Crippen LogP contribution in [0.1, 0.15) is 18.7 Å². The summed E-state index contributed by atoms with van der Waals surface area (Å²) in [4.78, 5) is 18.2. The Balaban J connectivity index is 1.66. The van der Waals surface area contributed by atoms with Crippen molar-refractivity contribution in [1.29, 1.82) is 0 Å². The number of hydrogen-bond acceptors (Lipinski definition) is 7. The van der Waals surface area contributed by atoms with Gasteiger partial charge in [0.05, 0.1) is 17.2 Å². The van der Waals surface area contributed by atoms with Gasteiger partial charge >= 0.3 is 0 Å². The molecule has 1 aliphatic carbocycles. The maximum atomic E-state index is 4.68. The SMILES string of the molecule is Cc1nc(NC2CC2)nc(-n2c(Nc3ccn[nH]3)nc3ccccc32)n1. The zero-order chi connectivity index (χ0) is 17.5. The van der Waals surface area contributed by atoms with Crippen molar-refractivity contribution in [2.24, 2.45) is 0 Å². The van der Waals surface area contributed by atoms with Gasteiger partial charge in [-0.1, -0.05) is 12.1 Å². The monoisotopic (exact) mass is 347 g/mol. The van der Waals surface area contributed by atoms with Gasteiger partial charge in [0.25, 0.3) is 0 Å². The summed E-state index contributed by atoms with van der Waals surface area (Å²) >= 11 is 0. The van der Waals surface area contributed by atoms with Crippen LogP contribution >= 0.6 is 0 Å². The van der Waals surface area contributed by atoms with Crippen LogP contribution in [-0.2, 0) is 0 Å². The minimum absolute atomic E-state index is 0.465. The van der Waals surface area contributed by atoms with E-state index in [9.17, 15) is 0 Å². The van der Waals surface area contributed by atoms with E-state index in [1.807, 2.05) is 41.8 Å². The molecule has 130 valence electrons. The van der Waals surface area contributed by atoms with E-state index in [0.717, 1.165) is 29.7 Å². The fourth-order valence-electron chi connectivity index (χ4n) is 2.80. The molecule has 1 aliphatic rings. The number of benzene rings is 1. The molecule has 26 heavy (non-hydrogen) atoms. The number of hydrogen-bond donors (Lipinski definition) is 3. The van der Waals surface area contributed by atoms with E-state index >= 15 is 0 Å². The van der Waals surface area contributed by atoms with Crippen molar-refractivity contribution in [3.63, 3.8) is 0 Å². The first-order chi connectivity index (χ1) is 12.8. The smallest absolute Gasteiger partial charge is 0.242 e. The lowest BCUT2D eigenvalue weighted by Gasteiger charge is -2.10. The minimum atomic E-state index is 0.465. The van der Waals surface area contributed by atoms with E-state index < -0.39 is 0 Å². The third kappa shape index (κ3) is 2.73. The van der Waals surface area contributed by atoms with Gasteiger partial charge in [-0.05, 0) is 31.9 Å². The van der Waals surface area contributed by atoms with Crippen LogP contribution in [0.25, 0.3) is 17.0 Å². The molecule has 3 heterocycles. The lowest BCUT2D eigenvalue weighted by atomic mass is 10.3. The fraction of sp³-hybridized carbons (Fsp3) is 0.235. The van der Waals surface area contributed by atoms with E-state index in [1.165, 1.54) is 0 Å². The molecule has 0 bridgehead atoms. The van der Waals surface area contributed by atoms with Crippen molar-refractivity contribution in [3.05, 3.63) is 42.4 Å². The molecule has 0 atom stereocenters. The lowest BCUT2D eigenvalue weighted by molar-refractivity contribution is 0.877. The second kappa shape index (κ2) is 5.80. The topological polar surface area (TPSA) is 109 Å². The van der Waals surface area contributed by atoms with Crippen molar-refractivity contribution >= 4 is 28.7 Å². The number of aryl methyl sites for hydroxylation is 1. The van der Waals surface area contributed by atoms with Crippen LogP contribution in [-0.4, -0.2) is 40.7 Å². The molecule has 9 nitrogen and oxygen atoms in total. The van der Waals surface area contributed by atoms with Gasteiger partial charge in [0, 0.05) is 12.1 Å². The van der Waals surface area contributed by atoms with Crippen LogP contribution in [0.15, 0.2) is 36.5 Å². The highest BCUT2D eigenvalue weighted by Gasteiger charge is 2.23. The number of aromatic nitrogens is 7. The number of imidazole rings is 1. The predicted molar refractivity (Wildman–Crippen MR) is 97.7 cm³/mol. The molecule has 1 aromatic carbocycles. The normalized spacial score (nSPS) is 13.9. The first-order valence-corrected chi connectivity index (χ1v) is 8.50. The molecule has 5 rings (SSSR count). The Morgan fingerprint density at radius 3 is 2.77 bits per heavy atom.